The molecule has 4 nitrogen and oxygen atoms in total. The number of rotatable bonds is 6. The topological polar surface area (TPSA) is 55.4 Å². The molecule has 158 valence electrons. The van der Waals surface area contributed by atoms with Gasteiger partial charge in [0.25, 0.3) is 0 Å². The fourth-order valence-electron chi connectivity index (χ4n) is 2.39. The van der Waals surface area contributed by atoms with Gasteiger partial charge in [0.1, 0.15) is 11.0 Å². The zero-order valence-electron chi connectivity index (χ0n) is 16.7. The van der Waals surface area contributed by atoms with Gasteiger partial charge in [-0.3, -0.25) is 0 Å². The first kappa shape index (κ1) is 24.1. The van der Waals surface area contributed by atoms with Crippen LogP contribution in [0.4, 0.5) is 0 Å². The van der Waals surface area contributed by atoms with Crippen molar-refractivity contribution >= 4 is 40.2 Å². The molecule has 0 saturated carbocycles. The summed E-state index contributed by atoms with van der Waals surface area (Å²) in [6, 6.07) is 21.7. The van der Waals surface area contributed by atoms with Crippen LogP contribution in [0.2, 0.25) is 10.0 Å². The maximum Gasteiger partial charge on any atom is 0.337 e. The van der Waals surface area contributed by atoms with E-state index in [9.17, 15) is 9.00 Å². The number of nitrogens with one attached hydrogen (secondary N) is 1. The highest BCUT2D eigenvalue weighted by atomic mass is 35.5. The Bertz CT molecular complexity index is 959. The number of benzene rings is 3. The van der Waals surface area contributed by atoms with Gasteiger partial charge in [-0.15, -0.1) is 0 Å². The molecular formula is C23H23Cl2NO3S. The van der Waals surface area contributed by atoms with Gasteiger partial charge in [-0.1, -0.05) is 54.4 Å². The van der Waals surface area contributed by atoms with Crippen LogP contribution < -0.4 is 4.72 Å². The van der Waals surface area contributed by atoms with Gasteiger partial charge in [-0.2, -0.15) is 0 Å². The van der Waals surface area contributed by atoms with E-state index in [1.165, 1.54) is 12.7 Å². The third-order valence-electron chi connectivity index (χ3n) is 4.13. The Morgan fingerprint density at radius 3 is 1.87 bits per heavy atom. The average molecular weight is 464 g/mol. The van der Waals surface area contributed by atoms with Crippen molar-refractivity contribution < 1.29 is 13.7 Å². The second-order valence-electron chi connectivity index (χ2n) is 6.21. The van der Waals surface area contributed by atoms with Gasteiger partial charge >= 0.3 is 5.97 Å². The molecule has 3 aromatic rings. The fourth-order valence-corrected chi connectivity index (χ4v) is 3.49. The van der Waals surface area contributed by atoms with Crippen LogP contribution in [0.1, 0.15) is 28.4 Å². The number of ether oxygens (including phenoxy) is 1. The number of carbonyl (C=O) groups excluding carboxylic acids is 1. The molecule has 0 amide bonds. The summed E-state index contributed by atoms with van der Waals surface area (Å²) in [6.07, 6.45) is 1.08. The molecule has 30 heavy (non-hydrogen) atoms. The lowest BCUT2D eigenvalue weighted by Gasteiger charge is -2.06. The average Bonchev–Trinajstić information content (AvgIpc) is 2.78. The molecular weight excluding hydrogens is 441 g/mol. The van der Waals surface area contributed by atoms with Gasteiger partial charge < -0.3 is 4.74 Å². The van der Waals surface area contributed by atoms with E-state index in [-0.39, 0.29) is 5.97 Å². The highest BCUT2D eigenvalue weighted by Crippen LogP contribution is 2.12. The van der Waals surface area contributed by atoms with Crippen molar-refractivity contribution in [3.63, 3.8) is 0 Å². The Kier molecular flexibility index (Phi) is 10.0. The lowest BCUT2D eigenvalue weighted by Crippen LogP contribution is -2.16. The monoisotopic (exact) mass is 463 g/mol. The zero-order valence-corrected chi connectivity index (χ0v) is 19.1. The second kappa shape index (κ2) is 12.5. The Hall–Kier alpha value is -2.18. The first-order valence-corrected chi connectivity index (χ1v) is 11.2. The number of aryl methyl sites for hydroxylation is 1. The molecule has 1 atom stereocenters. The number of hydrogen-bond acceptors (Lipinski definition) is 3. The largest absolute Gasteiger partial charge is 0.465 e. The van der Waals surface area contributed by atoms with E-state index in [4.69, 9.17) is 23.2 Å². The van der Waals surface area contributed by atoms with Crippen LogP contribution in [0, 0.1) is 0 Å². The van der Waals surface area contributed by atoms with Crippen molar-refractivity contribution in [1.82, 2.24) is 4.72 Å². The molecule has 0 aliphatic carbocycles. The van der Waals surface area contributed by atoms with Crippen LogP contribution in [0.3, 0.4) is 0 Å². The molecule has 0 saturated heterocycles. The van der Waals surface area contributed by atoms with Crippen molar-refractivity contribution in [3.8, 4) is 0 Å². The zero-order chi connectivity index (χ0) is 21.9. The molecule has 0 aliphatic heterocycles. The van der Waals surface area contributed by atoms with E-state index in [2.05, 4.69) is 16.4 Å². The smallest absolute Gasteiger partial charge is 0.337 e. The lowest BCUT2D eigenvalue weighted by molar-refractivity contribution is 0.0600. The number of methoxy groups -OCH3 is 1. The molecule has 1 N–H and O–H groups in total. The SMILES string of the molecule is CCc1ccc(Cl)cc1.COC(=O)c1ccc(CNS(=O)c2ccc(Cl)cc2)cc1. The van der Waals surface area contributed by atoms with Gasteiger partial charge in [-0.25, -0.2) is 13.7 Å². The maximum absolute atomic E-state index is 12.0. The Labute approximate surface area is 189 Å². The lowest BCUT2D eigenvalue weighted by atomic mass is 10.1. The molecule has 0 aromatic heterocycles. The summed E-state index contributed by atoms with van der Waals surface area (Å²) in [6.45, 7) is 2.56. The molecule has 7 heteroatoms. The van der Waals surface area contributed by atoms with Crippen LogP contribution in [0.15, 0.2) is 77.7 Å². The third kappa shape index (κ3) is 7.92. The van der Waals surface area contributed by atoms with Crippen LogP contribution in [-0.4, -0.2) is 17.3 Å². The summed E-state index contributed by atoms with van der Waals surface area (Å²) in [7, 11) is 0.0322. The van der Waals surface area contributed by atoms with Gasteiger partial charge in [0.2, 0.25) is 0 Å². The van der Waals surface area contributed by atoms with Gasteiger partial charge in [0.05, 0.1) is 17.6 Å². The summed E-state index contributed by atoms with van der Waals surface area (Å²) in [5.41, 5.74) is 2.74. The molecule has 3 aromatic carbocycles. The Morgan fingerprint density at radius 1 is 0.867 bits per heavy atom. The molecule has 0 bridgehead atoms. The summed E-state index contributed by atoms with van der Waals surface area (Å²) in [4.78, 5) is 12.0. The summed E-state index contributed by atoms with van der Waals surface area (Å²) < 4.78 is 19.6. The molecule has 0 aliphatic rings. The van der Waals surface area contributed by atoms with Gasteiger partial charge in [-0.05, 0) is 66.1 Å². The predicted octanol–water partition coefficient (Wildman–Crippen LogP) is 5.84. The second-order valence-corrected chi connectivity index (χ2v) is 8.38. The van der Waals surface area contributed by atoms with E-state index in [1.807, 2.05) is 24.3 Å². The summed E-state index contributed by atoms with van der Waals surface area (Å²) in [5, 5.41) is 1.42. The molecule has 0 radical (unpaired) electrons. The normalized spacial score (nSPS) is 11.2. The summed E-state index contributed by atoms with van der Waals surface area (Å²) in [5.74, 6) is -0.376. The van der Waals surface area contributed by atoms with Crippen LogP contribution >= 0.6 is 23.2 Å². The number of esters is 1. The fraction of sp³-hybridized carbons (Fsp3) is 0.174. The third-order valence-corrected chi connectivity index (χ3v) is 5.74. The predicted molar refractivity (Wildman–Crippen MR) is 123 cm³/mol. The minimum absolute atomic E-state index is 0.376. The number of halogens is 2. The van der Waals surface area contributed by atoms with E-state index >= 15 is 0 Å². The van der Waals surface area contributed by atoms with Crippen LogP contribution in [0.5, 0.6) is 0 Å². The Balaban J connectivity index is 0.000000297. The minimum Gasteiger partial charge on any atom is -0.465 e. The van der Waals surface area contributed by atoms with Crippen molar-refractivity contribution in [1.29, 1.82) is 0 Å². The van der Waals surface area contributed by atoms with E-state index in [1.54, 1.807) is 48.5 Å². The quantitative estimate of drug-likeness (QED) is 0.467. The van der Waals surface area contributed by atoms with Crippen LogP contribution in [-0.2, 0) is 28.7 Å². The summed E-state index contributed by atoms with van der Waals surface area (Å²) >= 11 is 11.5. The molecule has 3 rings (SSSR count). The van der Waals surface area contributed by atoms with Gasteiger partial charge in [0.15, 0.2) is 0 Å². The highest BCUT2D eigenvalue weighted by Gasteiger charge is 2.06. The molecule has 0 heterocycles. The van der Waals surface area contributed by atoms with E-state index in [0.29, 0.717) is 22.0 Å². The van der Waals surface area contributed by atoms with Crippen molar-refractivity contribution in [2.75, 3.05) is 7.11 Å². The van der Waals surface area contributed by atoms with Crippen molar-refractivity contribution in [2.24, 2.45) is 0 Å². The minimum atomic E-state index is -1.31. The van der Waals surface area contributed by atoms with Gasteiger partial charge in [0, 0.05) is 16.6 Å². The van der Waals surface area contributed by atoms with Crippen molar-refractivity contribution in [3.05, 3.63) is 99.5 Å². The number of carbonyl (C=O) groups is 1. The standard InChI is InChI=1S/C15H14ClNO3S.C8H9Cl/c1-20-15(18)12-4-2-11(3-5-12)10-17-21(19)14-8-6-13(16)7-9-14;1-2-7-3-5-8(9)6-4-7/h2-9,17H,10H2,1H3;3-6H,2H2,1H3. The van der Waals surface area contributed by atoms with Crippen LogP contribution in [0.25, 0.3) is 0 Å². The number of hydrogen-bond donors (Lipinski definition) is 1. The molecule has 1 unspecified atom stereocenters. The molecule has 0 fully saturated rings. The van der Waals surface area contributed by atoms with Crippen molar-refractivity contribution in [2.45, 2.75) is 24.8 Å². The first-order valence-electron chi connectivity index (χ1n) is 9.25. The molecule has 0 spiro atoms. The highest BCUT2D eigenvalue weighted by molar-refractivity contribution is 7.83. The Morgan fingerprint density at radius 2 is 1.37 bits per heavy atom. The van der Waals surface area contributed by atoms with E-state index in [0.717, 1.165) is 17.0 Å². The van der Waals surface area contributed by atoms with E-state index < -0.39 is 11.0 Å². The first-order chi connectivity index (χ1) is 14.4. The maximum atomic E-state index is 12.0.